The minimum absolute atomic E-state index is 0.0215. The molecule has 270 valence electrons. The van der Waals surface area contributed by atoms with Crippen LogP contribution in [0.4, 0.5) is 11.5 Å². The molecule has 0 radical (unpaired) electrons. The average Bonchev–Trinajstić information content (AvgIpc) is 3.60. The Balaban J connectivity index is 1.57. The molecule has 2 aromatic heterocycles. The van der Waals surface area contributed by atoms with E-state index in [4.69, 9.17) is 28.0 Å². The smallest absolute Gasteiger partial charge is 0.303 e. The highest BCUT2D eigenvalue weighted by molar-refractivity contribution is 6.75. The molecule has 0 bridgehead atoms. The van der Waals surface area contributed by atoms with E-state index >= 15 is 0 Å². The van der Waals surface area contributed by atoms with Gasteiger partial charge in [0.2, 0.25) is 0 Å². The van der Waals surface area contributed by atoms with Crippen molar-refractivity contribution in [2.24, 2.45) is 0 Å². The first kappa shape index (κ1) is 37.2. The molecule has 14 heteroatoms. The first-order valence-corrected chi connectivity index (χ1v) is 22.8. The Morgan fingerprint density at radius 3 is 2.18 bits per heavy atom. The highest BCUT2D eigenvalue weighted by Gasteiger charge is 2.43. The third kappa shape index (κ3) is 7.66. The van der Waals surface area contributed by atoms with Crippen molar-refractivity contribution in [1.82, 2.24) is 19.5 Å². The molecule has 1 fully saturated rings. The standard InChI is InChI=1S/C36H51N5O7Si2/c1-22(42)44-19-29-27(45-23(2)43)18-30(46-29)41-21-39-31-33(37-20-38-34(31)41)40-26-17-28(47-49(9,10)35(3,4)5)32(25-16-14-13-15-24(25)26)48-50(11,12)36(6,7)8/h13-17,20-21,27,29-30H,18-19H2,1-12H3,(H,37,38,40)/t27-,29+,30+/m0/s1. The maximum Gasteiger partial charge on any atom is 0.303 e. The summed E-state index contributed by atoms with van der Waals surface area (Å²) in [4.78, 5) is 37.2. The summed E-state index contributed by atoms with van der Waals surface area (Å²) in [5.74, 6) is 1.08. The average molecular weight is 722 g/mol. The van der Waals surface area contributed by atoms with E-state index in [2.05, 4.69) is 95.1 Å². The van der Waals surface area contributed by atoms with Crippen molar-refractivity contribution in [2.75, 3.05) is 11.9 Å². The van der Waals surface area contributed by atoms with Crippen LogP contribution < -0.4 is 14.2 Å². The third-order valence-corrected chi connectivity index (χ3v) is 18.8. The molecule has 0 saturated carbocycles. The molecule has 1 saturated heterocycles. The lowest BCUT2D eigenvalue weighted by molar-refractivity contribution is -0.155. The van der Waals surface area contributed by atoms with Gasteiger partial charge in [-0.1, -0.05) is 65.8 Å². The fourth-order valence-electron chi connectivity index (χ4n) is 5.28. The van der Waals surface area contributed by atoms with Gasteiger partial charge < -0.3 is 28.4 Å². The minimum atomic E-state index is -2.30. The number of ether oxygens (including phenoxy) is 3. The highest BCUT2D eigenvalue weighted by Crippen LogP contribution is 2.49. The third-order valence-electron chi connectivity index (χ3n) is 10.2. The first-order chi connectivity index (χ1) is 23.2. The van der Waals surface area contributed by atoms with Crippen LogP contribution in [0.1, 0.15) is 68.0 Å². The normalized spacial score (nSPS) is 18.7. The van der Waals surface area contributed by atoms with Crippen LogP contribution in [0, 0.1) is 0 Å². The maximum absolute atomic E-state index is 11.8. The Hall–Kier alpha value is -4.02. The van der Waals surface area contributed by atoms with Crippen LogP contribution in [-0.4, -0.2) is 66.9 Å². The molecular weight excluding hydrogens is 671 g/mol. The summed E-state index contributed by atoms with van der Waals surface area (Å²) in [6.45, 7) is 25.0. The van der Waals surface area contributed by atoms with Gasteiger partial charge in [0.25, 0.3) is 16.6 Å². The van der Waals surface area contributed by atoms with Gasteiger partial charge in [0.1, 0.15) is 37.1 Å². The minimum Gasteiger partial charge on any atom is -0.541 e. The van der Waals surface area contributed by atoms with Crippen LogP contribution in [-0.2, 0) is 23.8 Å². The number of carbonyl (C=O) groups is 2. The Morgan fingerprint density at radius 2 is 1.56 bits per heavy atom. The zero-order chi connectivity index (χ0) is 36.8. The lowest BCUT2D eigenvalue weighted by Gasteiger charge is -2.40. The van der Waals surface area contributed by atoms with Gasteiger partial charge >= 0.3 is 11.9 Å². The molecule has 1 aliphatic heterocycles. The molecule has 0 spiro atoms. The highest BCUT2D eigenvalue weighted by atomic mass is 28.4. The largest absolute Gasteiger partial charge is 0.541 e. The van der Waals surface area contributed by atoms with Crippen molar-refractivity contribution in [3.8, 4) is 11.5 Å². The summed E-state index contributed by atoms with van der Waals surface area (Å²) in [7, 11) is -4.56. The van der Waals surface area contributed by atoms with E-state index in [1.54, 1.807) is 10.9 Å². The molecule has 4 aromatic rings. The maximum atomic E-state index is 11.8. The molecule has 0 aliphatic carbocycles. The van der Waals surface area contributed by atoms with Gasteiger partial charge in [-0.15, -0.1) is 0 Å². The molecule has 0 unspecified atom stereocenters. The second-order valence-electron chi connectivity index (χ2n) is 16.0. The number of benzene rings is 2. The van der Waals surface area contributed by atoms with Crippen LogP contribution in [0.15, 0.2) is 43.0 Å². The molecule has 12 nitrogen and oxygen atoms in total. The van der Waals surface area contributed by atoms with E-state index in [1.165, 1.54) is 20.2 Å². The number of hydrogen-bond donors (Lipinski definition) is 1. The fourth-order valence-corrected chi connectivity index (χ4v) is 7.32. The van der Waals surface area contributed by atoms with Crippen molar-refractivity contribution < 1.29 is 32.7 Å². The summed E-state index contributed by atoms with van der Waals surface area (Å²) >= 11 is 0. The zero-order valence-corrected chi connectivity index (χ0v) is 33.3. The van der Waals surface area contributed by atoms with Crippen LogP contribution >= 0.6 is 0 Å². The fraction of sp³-hybridized carbons (Fsp3) is 0.528. The summed E-state index contributed by atoms with van der Waals surface area (Å²) < 4.78 is 32.8. The lowest BCUT2D eigenvalue weighted by Crippen LogP contribution is -2.45. The first-order valence-electron chi connectivity index (χ1n) is 17.0. The number of nitrogens with one attached hydrogen (secondary N) is 1. The van der Waals surface area contributed by atoms with Gasteiger partial charge in [0.05, 0.1) is 12.0 Å². The Morgan fingerprint density at radius 1 is 0.920 bits per heavy atom. The number of esters is 2. The number of anilines is 2. The molecule has 2 aromatic carbocycles. The van der Waals surface area contributed by atoms with Crippen LogP contribution in [0.2, 0.25) is 36.3 Å². The SMILES string of the molecule is CC(=O)OC[C@H]1O[C@@H](n2cnc3c(Nc4cc(O[Si](C)(C)C(C)(C)C)c(O[Si](C)(C)C(C)(C)C)c5ccccc45)ncnc32)C[C@@H]1OC(C)=O. The van der Waals surface area contributed by atoms with Gasteiger partial charge in [0.15, 0.2) is 22.7 Å². The molecular formula is C36H51N5O7Si2. The van der Waals surface area contributed by atoms with Crippen LogP contribution in [0.3, 0.4) is 0 Å². The number of rotatable bonds is 10. The van der Waals surface area contributed by atoms with E-state index in [1.807, 2.05) is 18.2 Å². The quantitative estimate of drug-likeness (QED) is 0.125. The molecule has 3 heterocycles. The molecule has 1 N–H and O–H groups in total. The van der Waals surface area contributed by atoms with Crippen LogP contribution in [0.25, 0.3) is 21.9 Å². The van der Waals surface area contributed by atoms with Gasteiger partial charge in [-0.2, -0.15) is 0 Å². The summed E-state index contributed by atoms with van der Waals surface area (Å²) in [5.41, 5.74) is 1.85. The van der Waals surface area contributed by atoms with Gasteiger partial charge in [-0.3, -0.25) is 14.2 Å². The molecule has 0 amide bonds. The van der Waals surface area contributed by atoms with Crippen molar-refractivity contribution in [2.45, 2.75) is 117 Å². The Labute approximate surface area is 296 Å². The second-order valence-corrected chi connectivity index (χ2v) is 25.5. The summed E-state index contributed by atoms with van der Waals surface area (Å²) in [5, 5.41) is 5.39. The Kier molecular flexibility index (Phi) is 10.1. The lowest BCUT2D eigenvalue weighted by atomic mass is 10.1. The van der Waals surface area contributed by atoms with Crippen molar-refractivity contribution in [1.29, 1.82) is 0 Å². The molecule has 5 rings (SSSR count). The van der Waals surface area contributed by atoms with Crippen molar-refractivity contribution in [3.63, 3.8) is 0 Å². The van der Waals surface area contributed by atoms with Gasteiger partial charge in [0, 0.05) is 37.1 Å². The number of hydrogen-bond acceptors (Lipinski definition) is 11. The number of fused-ring (bicyclic) bond motifs is 2. The van der Waals surface area contributed by atoms with Gasteiger partial charge in [-0.25, -0.2) is 15.0 Å². The van der Waals surface area contributed by atoms with Gasteiger partial charge in [-0.05, 0) is 36.3 Å². The van der Waals surface area contributed by atoms with Crippen molar-refractivity contribution in [3.05, 3.63) is 43.0 Å². The number of carbonyl (C=O) groups excluding carboxylic acids is 2. The zero-order valence-electron chi connectivity index (χ0n) is 31.3. The molecule has 50 heavy (non-hydrogen) atoms. The molecule has 3 atom stereocenters. The monoisotopic (exact) mass is 721 g/mol. The predicted octanol–water partition coefficient (Wildman–Crippen LogP) is 8.27. The number of imidazole rings is 1. The van der Waals surface area contributed by atoms with Crippen molar-refractivity contribution >= 4 is 62.0 Å². The van der Waals surface area contributed by atoms with Crippen LogP contribution in [0.5, 0.6) is 11.5 Å². The Bertz CT molecular complexity index is 1900. The second kappa shape index (κ2) is 13.6. The predicted molar refractivity (Wildman–Crippen MR) is 199 cm³/mol. The number of nitrogens with zero attached hydrogens (tertiary/aromatic N) is 4. The van der Waals surface area contributed by atoms with E-state index in [9.17, 15) is 9.59 Å². The summed E-state index contributed by atoms with van der Waals surface area (Å²) in [6.07, 6.45) is 1.63. The molecule has 1 aliphatic rings. The van der Waals surface area contributed by atoms with E-state index in [0.717, 1.165) is 22.2 Å². The number of aromatic nitrogens is 4. The topological polar surface area (TPSA) is 136 Å². The van der Waals surface area contributed by atoms with E-state index in [0.29, 0.717) is 29.2 Å². The van der Waals surface area contributed by atoms with E-state index < -0.39 is 47.0 Å². The summed E-state index contributed by atoms with van der Waals surface area (Å²) in [6, 6.07) is 10.2. The van der Waals surface area contributed by atoms with E-state index in [-0.39, 0.29) is 16.7 Å².